The second-order valence-corrected chi connectivity index (χ2v) is 5.64. The number of pyridine rings is 1. The van der Waals surface area contributed by atoms with E-state index in [1.54, 1.807) is 0 Å². The molecule has 2 aromatic rings. The van der Waals surface area contributed by atoms with E-state index in [9.17, 15) is 0 Å². The normalized spacial score (nSPS) is 12.3. The van der Waals surface area contributed by atoms with Crippen molar-refractivity contribution in [1.29, 1.82) is 0 Å². The van der Waals surface area contributed by atoms with E-state index in [-0.39, 0.29) is 0 Å². The molecule has 1 N–H and O–H groups in total. The Morgan fingerprint density at radius 3 is 2.63 bits per heavy atom. The maximum atomic E-state index is 4.22. The molecule has 19 heavy (non-hydrogen) atoms. The number of rotatable bonds is 6. The predicted octanol–water partition coefficient (Wildman–Crippen LogP) is 3.61. The first kappa shape index (κ1) is 14.2. The third kappa shape index (κ3) is 4.77. The van der Waals surface area contributed by atoms with Crippen LogP contribution in [-0.2, 0) is 12.8 Å². The largest absolute Gasteiger partial charge is 0.317 e. The van der Waals surface area contributed by atoms with Crippen molar-refractivity contribution in [3.63, 3.8) is 0 Å². The van der Waals surface area contributed by atoms with Gasteiger partial charge in [0.15, 0.2) is 0 Å². The Labute approximate surface area is 123 Å². The number of likely N-dealkylation sites (N-methyl/N-ethyl adjacent to an activating group) is 1. The van der Waals surface area contributed by atoms with Gasteiger partial charge in [-0.05, 0) is 59.4 Å². The molecule has 3 heteroatoms. The highest BCUT2D eigenvalue weighted by atomic mass is 79.9. The molecule has 0 bridgehead atoms. The summed E-state index contributed by atoms with van der Waals surface area (Å²) in [6, 6.07) is 13.3. The third-order valence-electron chi connectivity index (χ3n) is 3.28. The molecule has 0 aliphatic heterocycles. The van der Waals surface area contributed by atoms with E-state index in [4.69, 9.17) is 0 Å². The predicted molar refractivity (Wildman–Crippen MR) is 83.3 cm³/mol. The molecule has 1 unspecified atom stereocenters. The molecule has 1 aromatic carbocycles. The van der Waals surface area contributed by atoms with Gasteiger partial charge >= 0.3 is 0 Å². The van der Waals surface area contributed by atoms with Crippen molar-refractivity contribution in [1.82, 2.24) is 10.3 Å². The second kappa shape index (κ2) is 7.41. The van der Waals surface area contributed by atoms with E-state index in [2.05, 4.69) is 62.6 Å². The lowest BCUT2D eigenvalue weighted by Crippen LogP contribution is -2.28. The molecular formula is C16H19BrN2. The molecule has 100 valence electrons. The van der Waals surface area contributed by atoms with Crippen molar-refractivity contribution < 1.29 is 0 Å². The Balaban J connectivity index is 1.90. The van der Waals surface area contributed by atoms with E-state index < -0.39 is 0 Å². The molecule has 1 aromatic heterocycles. The van der Waals surface area contributed by atoms with Crippen LogP contribution in [0, 0.1) is 0 Å². The Morgan fingerprint density at radius 1 is 1.16 bits per heavy atom. The molecule has 0 spiro atoms. The molecule has 0 saturated heterocycles. The summed E-state index contributed by atoms with van der Waals surface area (Å²) in [4.78, 5) is 4.22. The van der Waals surface area contributed by atoms with Gasteiger partial charge in [-0.25, -0.2) is 0 Å². The Kier molecular flexibility index (Phi) is 5.55. The van der Waals surface area contributed by atoms with Crippen LogP contribution in [0.1, 0.15) is 17.5 Å². The first-order valence-electron chi connectivity index (χ1n) is 6.58. The maximum Gasteiger partial charge on any atom is 0.0410 e. The lowest BCUT2D eigenvalue weighted by molar-refractivity contribution is 0.519. The fraction of sp³-hybridized carbons (Fsp3) is 0.312. The van der Waals surface area contributed by atoms with Gasteiger partial charge in [0.05, 0.1) is 0 Å². The van der Waals surface area contributed by atoms with Crippen LogP contribution in [0.4, 0.5) is 0 Å². The average Bonchev–Trinajstić information content (AvgIpc) is 2.44. The highest BCUT2D eigenvalue weighted by Gasteiger charge is 2.08. The number of nitrogens with one attached hydrogen (secondary N) is 1. The van der Waals surface area contributed by atoms with Crippen molar-refractivity contribution in [2.75, 3.05) is 7.05 Å². The smallest absolute Gasteiger partial charge is 0.0410 e. The van der Waals surface area contributed by atoms with Crippen LogP contribution >= 0.6 is 15.9 Å². The van der Waals surface area contributed by atoms with Crippen LogP contribution in [-0.4, -0.2) is 18.1 Å². The van der Waals surface area contributed by atoms with Gasteiger partial charge in [0.25, 0.3) is 0 Å². The monoisotopic (exact) mass is 318 g/mol. The van der Waals surface area contributed by atoms with E-state index >= 15 is 0 Å². The molecule has 0 aliphatic carbocycles. The maximum absolute atomic E-state index is 4.22. The molecule has 0 fully saturated rings. The lowest BCUT2D eigenvalue weighted by Gasteiger charge is -2.16. The lowest BCUT2D eigenvalue weighted by atomic mass is 10.00. The zero-order chi connectivity index (χ0) is 13.5. The zero-order valence-electron chi connectivity index (χ0n) is 11.1. The summed E-state index contributed by atoms with van der Waals surface area (Å²) in [5, 5.41) is 3.40. The molecule has 0 aliphatic rings. The first-order valence-corrected chi connectivity index (χ1v) is 7.38. The number of nitrogens with zero attached hydrogens (tertiary/aromatic N) is 1. The van der Waals surface area contributed by atoms with E-state index in [1.807, 2.05) is 19.4 Å². The van der Waals surface area contributed by atoms with Crippen LogP contribution in [0.5, 0.6) is 0 Å². The summed E-state index contributed by atoms with van der Waals surface area (Å²) < 4.78 is 1.04. The standard InChI is InChI=1S/C16H19BrN2/c1-18-16(8-7-13-5-3-2-4-6-13)10-14-9-15(17)12-19-11-14/h2-6,9,11-12,16,18H,7-8,10H2,1H3. The second-order valence-electron chi connectivity index (χ2n) is 4.73. The summed E-state index contributed by atoms with van der Waals surface area (Å²) in [5.41, 5.74) is 2.66. The van der Waals surface area contributed by atoms with Crippen LogP contribution in [0.3, 0.4) is 0 Å². The minimum atomic E-state index is 0.483. The van der Waals surface area contributed by atoms with E-state index in [0.29, 0.717) is 6.04 Å². The average molecular weight is 319 g/mol. The van der Waals surface area contributed by atoms with Gasteiger partial charge in [-0.15, -0.1) is 0 Å². The molecular weight excluding hydrogens is 300 g/mol. The summed E-state index contributed by atoms with van der Waals surface area (Å²) in [5.74, 6) is 0. The Bertz CT molecular complexity index is 499. The third-order valence-corrected chi connectivity index (χ3v) is 3.71. The van der Waals surface area contributed by atoms with E-state index in [1.165, 1.54) is 11.1 Å². The molecule has 2 nitrogen and oxygen atoms in total. The van der Waals surface area contributed by atoms with Gasteiger partial charge in [0.1, 0.15) is 0 Å². The SMILES string of the molecule is CNC(CCc1ccccc1)Cc1cncc(Br)c1. The molecule has 0 saturated carbocycles. The van der Waals surface area contributed by atoms with Gasteiger partial charge in [-0.2, -0.15) is 0 Å². The summed E-state index contributed by atoms with van der Waals surface area (Å²) in [6.07, 6.45) is 7.01. The molecule has 2 rings (SSSR count). The van der Waals surface area contributed by atoms with Gasteiger partial charge in [-0.3, -0.25) is 4.98 Å². The highest BCUT2D eigenvalue weighted by Crippen LogP contribution is 2.13. The number of hydrogen-bond donors (Lipinski definition) is 1. The van der Waals surface area contributed by atoms with Crippen molar-refractivity contribution in [3.8, 4) is 0 Å². The molecule has 0 amide bonds. The molecule has 0 radical (unpaired) electrons. The van der Waals surface area contributed by atoms with Crippen LogP contribution in [0.15, 0.2) is 53.3 Å². The van der Waals surface area contributed by atoms with Crippen LogP contribution in [0.25, 0.3) is 0 Å². The number of hydrogen-bond acceptors (Lipinski definition) is 2. The van der Waals surface area contributed by atoms with Crippen molar-refractivity contribution in [2.24, 2.45) is 0 Å². The fourth-order valence-corrected chi connectivity index (χ4v) is 2.60. The van der Waals surface area contributed by atoms with Crippen LogP contribution < -0.4 is 5.32 Å². The zero-order valence-corrected chi connectivity index (χ0v) is 12.7. The van der Waals surface area contributed by atoms with E-state index in [0.717, 1.165) is 23.7 Å². The number of benzene rings is 1. The van der Waals surface area contributed by atoms with Crippen LogP contribution in [0.2, 0.25) is 0 Å². The Hall–Kier alpha value is -1.19. The number of halogens is 1. The fourth-order valence-electron chi connectivity index (χ4n) is 2.19. The minimum Gasteiger partial charge on any atom is -0.317 e. The van der Waals surface area contributed by atoms with Crippen molar-refractivity contribution in [3.05, 3.63) is 64.4 Å². The number of aromatic nitrogens is 1. The highest BCUT2D eigenvalue weighted by molar-refractivity contribution is 9.10. The Morgan fingerprint density at radius 2 is 1.95 bits per heavy atom. The first-order chi connectivity index (χ1) is 9.28. The van der Waals surface area contributed by atoms with Gasteiger partial charge in [0.2, 0.25) is 0 Å². The molecule has 1 heterocycles. The molecule has 1 atom stereocenters. The topological polar surface area (TPSA) is 24.9 Å². The van der Waals surface area contributed by atoms with Gasteiger partial charge in [0, 0.05) is 22.9 Å². The summed E-state index contributed by atoms with van der Waals surface area (Å²) >= 11 is 3.47. The van der Waals surface area contributed by atoms with Gasteiger partial charge in [-0.1, -0.05) is 30.3 Å². The summed E-state index contributed by atoms with van der Waals surface area (Å²) in [7, 11) is 2.03. The minimum absolute atomic E-state index is 0.483. The van der Waals surface area contributed by atoms with Crippen molar-refractivity contribution >= 4 is 15.9 Å². The van der Waals surface area contributed by atoms with Crippen molar-refractivity contribution in [2.45, 2.75) is 25.3 Å². The number of aryl methyl sites for hydroxylation is 1. The van der Waals surface area contributed by atoms with Gasteiger partial charge < -0.3 is 5.32 Å². The quantitative estimate of drug-likeness (QED) is 0.880. The summed E-state index contributed by atoms with van der Waals surface area (Å²) in [6.45, 7) is 0.